The van der Waals surface area contributed by atoms with Crippen molar-refractivity contribution in [2.45, 2.75) is 13.5 Å². The molecule has 0 radical (unpaired) electrons. The van der Waals surface area contributed by atoms with Crippen molar-refractivity contribution in [1.29, 1.82) is 5.26 Å². The minimum Gasteiger partial charge on any atom is -0.488 e. The van der Waals surface area contributed by atoms with Crippen LogP contribution in [0.15, 0.2) is 60.7 Å². The van der Waals surface area contributed by atoms with E-state index in [0.29, 0.717) is 30.1 Å². The lowest BCUT2D eigenvalue weighted by Gasteiger charge is -2.12. The molecule has 4 heteroatoms. The van der Waals surface area contributed by atoms with Gasteiger partial charge in [0.15, 0.2) is 0 Å². The molecular weight excluding hydrogens is 314 g/mol. The predicted octanol–water partition coefficient (Wildman–Crippen LogP) is 4.47. The van der Waals surface area contributed by atoms with E-state index >= 15 is 0 Å². The lowest BCUT2D eigenvalue weighted by molar-refractivity contribution is 0.0526. The summed E-state index contributed by atoms with van der Waals surface area (Å²) in [7, 11) is 0. The average Bonchev–Trinajstić information content (AvgIpc) is 2.66. The average molecular weight is 331 g/mol. The molecule has 0 aromatic heterocycles. The van der Waals surface area contributed by atoms with Gasteiger partial charge in [-0.3, -0.25) is 0 Å². The summed E-state index contributed by atoms with van der Waals surface area (Å²) in [5, 5.41) is 10.8. The number of hydrogen-bond acceptors (Lipinski definition) is 4. The minimum absolute atomic E-state index is 0.310. The summed E-state index contributed by atoms with van der Waals surface area (Å²) >= 11 is 0. The Balaban J connectivity index is 2.02. The number of carbonyl (C=O) groups excluding carboxylic acids is 1. The second kappa shape index (κ2) is 7.50. The van der Waals surface area contributed by atoms with E-state index in [1.54, 1.807) is 31.2 Å². The second-order valence-electron chi connectivity index (χ2n) is 5.52. The number of ether oxygens (including phenoxy) is 2. The molecule has 0 spiro atoms. The summed E-state index contributed by atoms with van der Waals surface area (Å²) in [4.78, 5) is 12.1. The molecule has 3 aromatic carbocycles. The van der Waals surface area contributed by atoms with Gasteiger partial charge in [0.2, 0.25) is 0 Å². The van der Waals surface area contributed by atoms with E-state index < -0.39 is 5.97 Å². The highest BCUT2D eigenvalue weighted by Crippen LogP contribution is 2.30. The number of nitrogens with zero attached hydrogens (tertiary/aromatic N) is 1. The lowest BCUT2D eigenvalue weighted by atomic mass is 10.0. The summed E-state index contributed by atoms with van der Waals surface area (Å²) in [6, 6.07) is 20.6. The van der Waals surface area contributed by atoms with E-state index in [9.17, 15) is 4.79 Å². The molecule has 3 rings (SSSR count). The van der Waals surface area contributed by atoms with Gasteiger partial charge in [0.05, 0.1) is 23.8 Å². The Morgan fingerprint density at radius 1 is 1.08 bits per heavy atom. The summed E-state index contributed by atoms with van der Waals surface area (Å²) < 4.78 is 11.0. The fraction of sp³-hybridized carbons (Fsp3) is 0.143. The van der Waals surface area contributed by atoms with Crippen molar-refractivity contribution in [2.24, 2.45) is 0 Å². The number of rotatable bonds is 5. The smallest absolute Gasteiger partial charge is 0.338 e. The molecule has 0 heterocycles. The van der Waals surface area contributed by atoms with Crippen LogP contribution in [0.2, 0.25) is 0 Å². The van der Waals surface area contributed by atoms with Crippen molar-refractivity contribution in [2.75, 3.05) is 6.61 Å². The van der Waals surface area contributed by atoms with Gasteiger partial charge < -0.3 is 9.47 Å². The molecule has 124 valence electrons. The molecule has 3 aromatic rings. The van der Waals surface area contributed by atoms with Crippen LogP contribution >= 0.6 is 0 Å². The molecule has 0 unspecified atom stereocenters. The van der Waals surface area contributed by atoms with Crippen molar-refractivity contribution in [3.05, 3.63) is 77.4 Å². The quantitative estimate of drug-likeness (QED) is 0.647. The zero-order valence-corrected chi connectivity index (χ0v) is 13.9. The highest BCUT2D eigenvalue weighted by atomic mass is 16.5. The van der Waals surface area contributed by atoms with Crippen LogP contribution in [0.5, 0.6) is 5.75 Å². The van der Waals surface area contributed by atoms with Crippen LogP contribution in [-0.4, -0.2) is 12.6 Å². The molecule has 0 N–H and O–H groups in total. The van der Waals surface area contributed by atoms with E-state index in [-0.39, 0.29) is 0 Å². The molecule has 0 saturated heterocycles. The molecule has 0 atom stereocenters. The fourth-order valence-electron chi connectivity index (χ4n) is 2.58. The number of esters is 1. The molecule has 0 fully saturated rings. The zero-order chi connectivity index (χ0) is 17.6. The molecular formula is C21H17NO3. The number of carbonyl (C=O) groups is 1. The maximum atomic E-state index is 12.1. The Hall–Kier alpha value is -3.32. The second-order valence-corrected chi connectivity index (χ2v) is 5.52. The zero-order valence-electron chi connectivity index (χ0n) is 13.9. The molecule has 25 heavy (non-hydrogen) atoms. The van der Waals surface area contributed by atoms with Crippen LogP contribution in [0.1, 0.15) is 28.4 Å². The maximum absolute atomic E-state index is 12.1. The number of fused-ring (bicyclic) bond motifs is 1. The van der Waals surface area contributed by atoms with Gasteiger partial charge >= 0.3 is 5.97 Å². The van der Waals surface area contributed by atoms with Gasteiger partial charge in [0.25, 0.3) is 0 Å². The Labute approximate surface area is 146 Å². The summed E-state index contributed by atoms with van der Waals surface area (Å²) in [6.07, 6.45) is 0. The van der Waals surface area contributed by atoms with E-state index in [2.05, 4.69) is 6.07 Å². The van der Waals surface area contributed by atoms with Gasteiger partial charge in [0, 0.05) is 5.39 Å². The van der Waals surface area contributed by atoms with Crippen LogP contribution in [0.3, 0.4) is 0 Å². The SMILES string of the molecule is CCOC(=O)c1cc(OCc2ccccc2)c2cc(C#N)ccc2c1. The van der Waals surface area contributed by atoms with Crippen molar-refractivity contribution >= 4 is 16.7 Å². The number of nitriles is 1. The van der Waals surface area contributed by atoms with Gasteiger partial charge in [-0.05, 0) is 42.1 Å². The number of benzene rings is 3. The van der Waals surface area contributed by atoms with Gasteiger partial charge in [0.1, 0.15) is 12.4 Å². The van der Waals surface area contributed by atoms with Crippen molar-refractivity contribution in [1.82, 2.24) is 0 Å². The third-order valence-corrected chi connectivity index (χ3v) is 3.79. The first-order chi connectivity index (χ1) is 12.2. The molecule has 0 aliphatic heterocycles. The van der Waals surface area contributed by atoms with Crippen molar-refractivity contribution in [3.8, 4) is 11.8 Å². The Morgan fingerprint density at radius 2 is 1.88 bits per heavy atom. The Morgan fingerprint density at radius 3 is 2.60 bits per heavy atom. The van der Waals surface area contributed by atoms with Crippen molar-refractivity contribution < 1.29 is 14.3 Å². The highest BCUT2D eigenvalue weighted by molar-refractivity contribution is 5.98. The van der Waals surface area contributed by atoms with Gasteiger partial charge in [-0.15, -0.1) is 0 Å². The van der Waals surface area contributed by atoms with Gasteiger partial charge in [-0.2, -0.15) is 5.26 Å². The Bertz CT molecular complexity index is 943. The normalized spacial score (nSPS) is 10.2. The van der Waals surface area contributed by atoms with Crippen LogP contribution in [0.4, 0.5) is 0 Å². The molecule has 0 amide bonds. The lowest BCUT2D eigenvalue weighted by Crippen LogP contribution is -2.05. The molecule has 0 aliphatic rings. The van der Waals surface area contributed by atoms with Crippen LogP contribution in [0.25, 0.3) is 10.8 Å². The Kier molecular flexibility index (Phi) is 4.96. The van der Waals surface area contributed by atoms with Crippen molar-refractivity contribution in [3.63, 3.8) is 0 Å². The monoisotopic (exact) mass is 331 g/mol. The largest absolute Gasteiger partial charge is 0.488 e. The summed E-state index contributed by atoms with van der Waals surface area (Å²) in [6.45, 7) is 2.45. The minimum atomic E-state index is -0.390. The third-order valence-electron chi connectivity index (χ3n) is 3.79. The predicted molar refractivity (Wildman–Crippen MR) is 95.4 cm³/mol. The van der Waals surface area contributed by atoms with Crippen LogP contribution in [-0.2, 0) is 11.3 Å². The van der Waals surface area contributed by atoms with Gasteiger partial charge in [-0.25, -0.2) is 4.79 Å². The molecule has 0 bridgehead atoms. The molecule has 0 aliphatic carbocycles. The number of hydrogen-bond donors (Lipinski definition) is 0. The summed E-state index contributed by atoms with van der Waals surface area (Å²) in [5.74, 6) is 0.167. The van der Waals surface area contributed by atoms with Crippen LogP contribution in [0, 0.1) is 11.3 Å². The van der Waals surface area contributed by atoms with E-state index in [1.807, 2.05) is 36.4 Å². The first kappa shape index (κ1) is 16.5. The first-order valence-electron chi connectivity index (χ1n) is 8.03. The first-order valence-corrected chi connectivity index (χ1v) is 8.03. The highest BCUT2D eigenvalue weighted by Gasteiger charge is 2.13. The third kappa shape index (κ3) is 3.78. The maximum Gasteiger partial charge on any atom is 0.338 e. The van der Waals surface area contributed by atoms with E-state index in [1.165, 1.54) is 0 Å². The molecule has 0 saturated carbocycles. The topological polar surface area (TPSA) is 59.3 Å². The fourth-order valence-corrected chi connectivity index (χ4v) is 2.58. The van der Waals surface area contributed by atoms with Crippen LogP contribution < -0.4 is 4.74 Å². The molecule has 4 nitrogen and oxygen atoms in total. The van der Waals surface area contributed by atoms with E-state index in [0.717, 1.165) is 16.3 Å². The summed E-state index contributed by atoms with van der Waals surface area (Å²) in [5.41, 5.74) is 2.00. The standard InChI is InChI=1S/C21H17NO3/c1-2-24-21(23)18-11-17-9-8-16(13-22)10-19(17)20(12-18)25-14-15-6-4-3-5-7-15/h3-12H,2,14H2,1H3. The van der Waals surface area contributed by atoms with E-state index in [4.69, 9.17) is 14.7 Å². The van der Waals surface area contributed by atoms with Gasteiger partial charge in [-0.1, -0.05) is 36.4 Å².